The Morgan fingerprint density at radius 1 is 1.45 bits per heavy atom. The summed E-state index contributed by atoms with van der Waals surface area (Å²) in [7, 11) is 1.85. The van der Waals surface area contributed by atoms with E-state index in [1.54, 1.807) is 29.2 Å². The molecule has 0 saturated carbocycles. The van der Waals surface area contributed by atoms with E-state index in [2.05, 4.69) is 11.9 Å². The SMILES string of the molecule is C=CCN(Cc1ccccc1F)C(=O)CCCNC.Cl. The van der Waals surface area contributed by atoms with Crippen LogP contribution in [-0.4, -0.2) is 30.9 Å². The Morgan fingerprint density at radius 3 is 2.75 bits per heavy atom. The van der Waals surface area contributed by atoms with Crippen LogP contribution in [0.3, 0.4) is 0 Å². The van der Waals surface area contributed by atoms with Crippen LogP contribution in [0.5, 0.6) is 0 Å². The molecule has 0 spiro atoms. The smallest absolute Gasteiger partial charge is 0.223 e. The third kappa shape index (κ3) is 6.17. The maximum atomic E-state index is 13.6. The average Bonchev–Trinajstić information content (AvgIpc) is 2.41. The zero-order chi connectivity index (χ0) is 14.1. The number of halogens is 2. The van der Waals surface area contributed by atoms with E-state index in [0.717, 1.165) is 13.0 Å². The number of hydrogen-bond donors (Lipinski definition) is 1. The van der Waals surface area contributed by atoms with Gasteiger partial charge < -0.3 is 10.2 Å². The normalized spacial score (nSPS) is 9.70. The Hall–Kier alpha value is -1.39. The van der Waals surface area contributed by atoms with Gasteiger partial charge in [0.25, 0.3) is 0 Å². The first-order valence-corrected chi connectivity index (χ1v) is 6.45. The van der Waals surface area contributed by atoms with Crippen LogP contribution < -0.4 is 5.32 Å². The summed E-state index contributed by atoms with van der Waals surface area (Å²) in [6, 6.07) is 6.53. The Labute approximate surface area is 126 Å². The van der Waals surface area contributed by atoms with Gasteiger partial charge in [-0.05, 0) is 26.1 Å². The minimum Gasteiger partial charge on any atom is -0.335 e. The van der Waals surface area contributed by atoms with Crippen molar-refractivity contribution in [3.63, 3.8) is 0 Å². The molecule has 0 aliphatic heterocycles. The average molecular weight is 301 g/mol. The van der Waals surface area contributed by atoms with E-state index < -0.39 is 0 Å². The predicted molar refractivity (Wildman–Crippen MR) is 82.4 cm³/mol. The van der Waals surface area contributed by atoms with E-state index >= 15 is 0 Å². The number of benzene rings is 1. The molecule has 0 radical (unpaired) electrons. The molecule has 3 nitrogen and oxygen atoms in total. The summed E-state index contributed by atoms with van der Waals surface area (Å²) in [6.45, 7) is 5.17. The number of nitrogens with zero attached hydrogens (tertiary/aromatic N) is 1. The van der Waals surface area contributed by atoms with Gasteiger partial charge in [-0.2, -0.15) is 0 Å². The maximum absolute atomic E-state index is 13.6. The number of hydrogen-bond acceptors (Lipinski definition) is 2. The minimum absolute atomic E-state index is 0. The quantitative estimate of drug-likeness (QED) is 0.591. The molecule has 0 aliphatic carbocycles. The van der Waals surface area contributed by atoms with Crippen molar-refractivity contribution in [1.82, 2.24) is 10.2 Å². The van der Waals surface area contributed by atoms with Crippen molar-refractivity contribution < 1.29 is 9.18 Å². The number of carbonyl (C=O) groups excluding carboxylic acids is 1. The van der Waals surface area contributed by atoms with Crippen molar-refractivity contribution in [3.8, 4) is 0 Å². The Balaban J connectivity index is 0.00000361. The van der Waals surface area contributed by atoms with Crippen molar-refractivity contribution in [2.24, 2.45) is 0 Å². The van der Waals surface area contributed by atoms with Gasteiger partial charge in [0.05, 0.1) is 0 Å². The molecular formula is C15H22ClFN2O. The van der Waals surface area contributed by atoms with E-state index in [9.17, 15) is 9.18 Å². The highest BCUT2D eigenvalue weighted by atomic mass is 35.5. The number of nitrogens with one attached hydrogen (secondary N) is 1. The van der Waals surface area contributed by atoms with Crippen LogP contribution >= 0.6 is 12.4 Å². The van der Waals surface area contributed by atoms with Crippen LogP contribution in [0, 0.1) is 5.82 Å². The molecule has 0 bridgehead atoms. The molecule has 0 saturated heterocycles. The molecule has 0 atom stereocenters. The zero-order valence-corrected chi connectivity index (χ0v) is 12.6. The van der Waals surface area contributed by atoms with Crippen molar-refractivity contribution in [1.29, 1.82) is 0 Å². The third-order valence-corrected chi connectivity index (χ3v) is 2.84. The molecule has 0 aromatic heterocycles. The van der Waals surface area contributed by atoms with E-state index in [4.69, 9.17) is 0 Å². The number of rotatable bonds is 8. The lowest BCUT2D eigenvalue weighted by Crippen LogP contribution is -2.31. The molecule has 112 valence electrons. The van der Waals surface area contributed by atoms with Crippen LogP contribution in [0.15, 0.2) is 36.9 Å². The second-order valence-corrected chi connectivity index (χ2v) is 4.36. The van der Waals surface area contributed by atoms with Crippen LogP contribution in [0.25, 0.3) is 0 Å². The van der Waals surface area contributed by atoms with Gasteiger partial charge >= 0.3 is 0 Å². The third-order valence-electron chi connectivity index (χ3n) is 2.84. The lowest BCUT2D eigenvalue weighted by molar-refractivity contribution is -0.131. The molecule has 5 heteroatoms. The Bertz CT molecular complexity index is 426. The summed E-state index contributed by atoms with van der Waals surface area (Å²) in [4.78, 5) is 13.7. The molecule has 1 amide bonds. The van der Waals surface area contributed by atoms with E-state index in [-0.39, 0.29) is 30.7 Å². The van der Waals surface area contributed by atoms with Gasteiger partial charge in [0, 0.05) is 25.1 Å². The van der Waals surface area contributed by atoms with Gasteiger partial charge in [-0.3, -0.25) is 4.79 Å². The summed E-state index contributed by atoms with van der Waals surface area (Å²) in [5, 5.41) is 3.00. The fourth-order valence-corrected chi connectivity index (χ4v) is 1.82. The fourth-order valence-electron chi connectivity index (χ4n) is 1.82. The molecule has 1 rings (SSSR count). The van der Waals surface area contributed by atoms with Gasteiger partial charge in [-0.1, -0.05) is 24.3 Å². The lowest BCUT2D eigenvalue weighted by Gasteiger charge is -2.21. The van der Waals surface area contributed by atoms with E-state index in [0.29, 0.717) is 18.5 Å². The zero-order valence-electron chi connectivity index (χ0n) is 11.8. The lowest BCUT2D eigenvalue weighted by atomic mass is 10.2. The van der Waals surface area contributed by atoms with E-state index in [1.807, 2.05) is 7.05 Å². The monoisotopic (exact) mass is 300 g/mol. The molecule has 0 fully saturated rings. The first kappa shape index (κ1) is 18.6. The molecule has 0 heterocycles. The van der Waals surface area contributed by atoms with E-state index in [1.165, 1.54) is 6.07 Å². The summed E-state index contributed by atoms with van der Waals surface area (Å²) >= 11 is 0. The molecule has 1 aromatic rings. The Kier molecular flexibility index (Phi) is 9.68. The topological polar surface area (TPSA) is 32.3 Å². The second kappa shape index (κ2) is 10.4. The number of carbonyl (C=O) groups is 1. The first-order valence-electron chi connectivity index (χ1n) is 6.45. The van der Waals surface area contributed by atoms with Crippen molar-refractivity contribution in [2.75, 3.05) is 20.1 Å². The van der Waals surface area contributed by atoms with Crippen LogP contribution in [0.4, 0.5) is 4.39 Å². The van der Waals surface area contributed by atoms with Gasteiger partial charge in [-0.25, -0.2) is 4.39 Å². The standard InChI is InChI=1S/C15H21FN2O.ClH/c1-3-11-18(15(19)9-6-10-17-2)12-13-7-4-5-8-14(13)16;/h3-5,7-8,17H,1,6,9-12H2,2H3;1H. The van der Waals surface area contributed by atoms with Crippen molar-refractivity contribution >= 4 is 18.3 Å². The summed E-state index contributed by atoms with van der Waals surface area (Å²) in [5.41, 5.74) is 0.534. The second-order valence-electron chi connectivity index (χ2n) is 4.36. The summed E-state index contributed by atoms with van der Waals surface area (Å²) in [6.07, 6.45) is 2.90. The van der Waals surface area contributed by atoms with Crippen LogP contribution in [0.2, 0.25) is 0 Å². The Morgan fingerprint density at radius 2 is 2.15 bits per heavy atom. The van der Waals surface area contributed by atoms with Gasteiger partial charge in [-0.15, -0.1) is 19.0 Å². The predicted octanol–water partition coefficient (Wildman–Crippen LogP) is 2.76. The van der Waals surface area contributed by atoms with Crippen LogP contribution in [-0.2, 0) is 11.3 Å². The van der Waals surface area contributed by atoms with Gasteiger partial charge in [0.1, 0.15) is 5.82 Å². The maximum Gasteiger partial charge on any atom is 0.223 e. The molecule has 20 heavy (non-hydrogen) atoms. The van der Waals surface area contributed by atoms with Gasteiger partial charge in [0.15, 0.2) is 0 Å². The highest BCUT2D eigenvalue weighted by Crippen LogP contribution is 2.11. The molecule has 1 aromatic carbocycles. The molecular weight excluding hydrogens is 279 g/mol. The van der Waals surface area contributed by atoms with Crippen LogP contribution in [0.1, 0.15) is 18.4 Å². The first-order chi connectivity index (χ1) is 9.19. The highest BCUT2D eigenvalue weighted by molar-refractivity contribution is 5.85. The van der Waals surface area contributed by atoms with Crippen molar-refractivity contribution in [2.45, 2.75) is 19.4 Å². The van der Waals surface area contributed by atoms with Crippen molar-refractivity contribution in [3.05, 3.63) is 48.3 Å². The summed E-state index contributed by atoms with van der Waals surface area (Å²) < 4.78 is 13.6. The largest absolute Gasteiger partial charge is 0.335 e. The number of amides is 1. The highest BCUT2D eigenvalue weighted by Gasteiger charge is 2.13. The van der Waals surface area contributed by atoms with Gasteiger partial charge in [0.2, 0.25) is 5.91 Å². The molecule has 1 N–H and O–H groups in total. The molecule has 0 unspecified atom stereocenters. The minimum atomic E-state index is -0.278. The summed E-state index contributed by atoms with van der Waals surface area (Å²) in [5.74, 6) is -0.252. The fraction of sp³-hybridized carbons (Fsp3) is 0.400. The molecule has 0 aliphatic rings.